The van der Waals surface area contributed by atoms with Gasteiger partial charge in [0.1, 0.15) is 46.5 Å². The number of carbonyl (C=O) groups is 1. The lowest BCUT2D eigenvalue weighted by atomic mass is 9.94. The molecule has 54 heavy (non-hydrogen) atoms. The van der Waals surface area contributed by atoms with Crippen LogP contribution in [0.15, 0.2) is 42.2 Å². The summed E-state index contributed by atoms with van der Waals surface area (Å²) in [6, 6.07) is 7.12. The van der Waals surface area contributed by atoms with E-state index in [0.29, 0.717) is 54.4 Å². The van der Waals surface area contributed by atoms with Crippen molar-refractivity contribution >= 4 is 33.6 Å². The lowest BCUT2D eigenvalue weighted by molar-refractivity contribution is 0.000936. The molecule has 0 radical (unpaired) electrons. The summed E-state index contributed by atoms with van der Waals surface area (Å²) in [7, 11) is 0. The van der Waals surface area contributed by atoms with Crippen molar-refractivity contribution < 1.29 is 32.2 Å². The van der Waals surface area contributed by atoms with Crippen LogP contribution in [0.25, 0.3) is 32.9 Å². The van der Waals surface area contributed by atoms with Crippen LogP contribution in [0.5, 0.6) is 11.9 Å². The fourth-order valence-corrected chi connectivity index (χ4v) is 9.61. The van der Waals surface area contributed by atoms with E-state index in [1.165, 1.54) is 6.07 Å². The number of piperazine rings is 1. The van der Waals surface area contributed by atoms with E-state index in [2.05, 4.69) is 15.7 Å². The fraction of sp³-hybridized carbons (Fsp3) is 0.463. The van der Waals surface area contributed by atoms with Gasteiger partial charge in [-0.3, -0.25) is 9.80 Å². The van der Waals surface area contributed by atoms with Crippen LogP contribution < -0.4 is 14.4 Å². The number of pyridine rings is 1. The van der Waals surface area contributed by atoms with Gasteiger partial charge in [0.05, 0.1) is 35.6 Å². The predicted octanol–water partition coefficient (Wildman–Crippen LogP) is 7.31. The quantitative estimate of drug-likeness (QED) is 0.200. The molecule has 280 valence electrons. The van der Waals surface area contributed by atoms with Crippen molar-refractivity contribution in [3.05, 3.63) is 59.4 Å². The molecule has 10 nitrogen and oxygen atoms in total. The van der Waals surface area contributed by atoms with Gasteiger partial charge < -0.3 is 19.1 Å². The molecule has 4 aromatic rings. The first-order chi connectivity index (χ1) is 25.9. The van der Waals surface area contributed by atoms with Gasteiger partial charge in [-0.1, -0.05) is 30.2 Å². The number of fused-ring (bicyclic) bond motifs is 7. The highest BCUT2D eigenvalue weighted by molar-refractivity contribution is 6.03. The molecule has 0 saturated carbocycles. The van der Waals surface area contributed by atoms with Crippen molar-refractivity contribution in [2.24, 2.45) is 0 Å². The van der Waals surface area contributed by atoms with Crippen molar-refractivity contribution in [2.75, 3.05) is 31.1 Å². The summed E-state index contributed by atoms with van der Waals surface area (Å²) in [6.07, 6.45) is 9.29. The van der Waals surface area contributed by atoms with Gasteiger partial charge in [0.2, 0.25) is 5.88 Å². The molecular formula is C41H41F3N6O4. The van der Waals surface area contributed by atoms with Gasteiger partial charge in [0, 0.05) is 24.0 Å². The highest BCUT2D eigenvalue weighted by Gasteiger charge is 2.54. The Kier molecular flexibility index (Phi) is 8.01. The molecule has 7 heterocycles. The van der Waals surface area contributed by atoms with Gasteiger partial charge in [-0.25, -0.2) is 22.9 Å². The first-order valence-corrected chi connectivity index (χ1v) is 18.6. The maximum absolute atomic E-state index is 17.4. The van der Waals surface area contributed by atoms with Gasteiger partial charge in [-0.05, 0) is 83.4 Å². The molecule has 0 aliphatic carbocycles. The zero-order chi connectivity index (χ0) is 37.7. The van der Waals surface area contributed by atoms with Crippen LogP contribution in [0.2, 0.25) is 0 Å². The molecule has 5 atom stereocenters. The van der Waals surface area contributed by atoms with Crippen molar-refractivity contribution in [1.82, 2.24) is 24.8 Å². The number of rotatable bonds is 4. The first-order valence-electron chi connectivity index (χ1n) is 18.6. The molecule has 4 fully saturated rings. The Labute approximate surface area is 311 Å². The number of amides is 1. The van der Waals surface area contributed by atoms with Crippen molar-refractivity contribution in [3.63, 3.8) is 0 Å². The average molecular weight is 739 g/mol. The smallest absolute Gasteiger partial charge is 0.410 e. The summed E-state index contributed by atoms with van der Waals surface area (Å²) in [5.74, 6) is 1.56. The van der Waals surface area contributed by atoms with Crippen LogP contribution in [0.4, 0.5) is 23.8 Å². The molecule has 2 aromatic carbocycles. The molecule has 1 unspecified atom stereocenters. The second kappa shape index (κ2) is 12.5. The number of aromatic nitrogens is 3. The minimum atomic E-state index is -0.767. The second-order valence-electron chi connectivity index (χ2n) is 16.2. The predicted molar refractivity (Wildman–Crippen MR) is 197 cm³/mol. The number of anilines is 1. The Morgan fingerprint density at radius 3 is 2.76 bits per heavy atom. The molecule has 0 N–H and O–H groups in total. The Morgan fingerprint density at radius 2 is 1.98 bits per heavy atom. The van der Waals surface area contributed by atoms with Gasteiger partial charge in [-0.15, -0.1) is 6.42 Å². The van der Waals surface area contributed by atoms with E-state index in [4.69, 9.17) is 35.6 Å². The van der Waals surface area contributed by atoms with Crippen molar-refractivity contribution in [3.8, 4) is 35.5 Å². The maximum atomic E-state index is 17.4. The maximum Gasteiger partial charge on any atom is 0.410 e. The molecule has 1 amide bonds. The molecule has 5 aliphatic rings. The third-order valence-corrected chi connectivity index (χ3v) is 11.8. The normalized spacial score (nSPS) is 26.8. The number of nitrogens with zero attached hydrogens (tertiary/aromatic N) is 6. The van der Waals surface area contributed by atoms with Crippen molar-refractivity contribution in [2.45, 2.75) is 95.2 Å². The van der Waals surface area contributed by atoms with Crippen LogP contribution in [0.3, 0.4) is 0 Å². The Hall–Kier alpha value is -5.09. The summed E-state index contributed by atoms with van der Waals surface area (Å²) in [6.45, 7) is 9.36. The largest absolute Gasteiger partial charge is 0.472 e. The third kappa shape index (κ3) is 5.35. The Balaban J connectivity index is 1.21. The first kappa shape index (κ1) is 34.7. The highest BCUT2D eigenvalue weighted by atomic mass is 19.1. The highest BCUT2D eigenvalue weighted by Crippen LogP contribution is 2.48. The summed E-state index contributed by atoms with van der Waals surface area (Å²) in [5.41, 5.74) is -0.309. The average Bonchev–Trinajstić information content (AvgIpc) is 3.77. The summed E-state index contributed by atoms with van der Waals surface area (Å²) in [5, 5.41) is 1.23. The van der Waals surface area contributed by atoms with Crippen LogP contribution in [-0.2, 0) is 4.74 Å². The number of hydrogen-bond donors (Lipinski definition) is 0. The van der Waals surface area contributed by atoms with E-state index in [9.17, 15) is 9.18 Å². The minimum absolute atomic E-state index is 0.00836. The third-order valence-electron chi connectivity index (χ3n) is 11.8. The Morgan fingerprint density at radius 1 is 1.15 bits per heavy atom. The monoisotopic (exact) mass is 738 g/mol. The summed E-state index contributed by atoms with van der Waals surface area (Å²) >= 11 is 0. The van der Waals surface area contributed by atoms with Crippen LogP contribution in [0, 0.1) is 24.0 Å². The topological polar surface area (TPSA) is 93.2 Å². The molecule has 0 spiro atoms. The lowest BCUT2D eigenvalue weighted by Gasteiger charge is -2.48. The Bertz CT molecular complexity index is 2310. The summed E-state index contributed by atoms with van der Waals surface area (Å²) in [4.78, 5) is 34.3. The summed E-state index contributed by atoms with van der Waals surface area (Å²) < 4.78 is 65.2. The molecule has 2 aromatic heterocycles. The zero-order valence-corrected chi connectivity index (χ0v) is 30.7. The van der Waals surface area contributed by atoms with E-state index < -0.39 is 41.0 Å². The minimum Gasteiger partial charge on any atom is -0.472 e. The number of ether oxygens (including phenoxy) is 3. The molecule has 5 aliphatic heterocycles. The van der Waals surface area contributed by atoms with Crippen molar-refractivity contribution in [1.29, 1.82) is 0 Å². The number of hydrogen-bond acceptors (Lipinski definition) is 9. The van der Waals surface area contributed by atoms with Gasteiger partial charge in [0.15, 0.2) is 5.82 Å². The lowest BCUT2D eigenvalue weighted by Crippen LogP contribution is -2.65. The number of terminal acetylenes is 1. The standard InChI is InChI=1S/C41H41F3N6O4/c1-6-26-28(43)13-11-24-9-7-10-27(30(24)26)33-32(44)34-31-36(47-38(46-34)52-21-41-15-8-16-48(41)19-23(17-41)18-42)49-20-25-12-14-29(35(49)22(2)53-37(31)45-33)50(25)39(51)54-40(3,4)5/h1,7,9-11,13,18,22,25,29,35H,8,12,14-17,19-21H2,2-5H3/b23-18+/t22-,25+,29-,35+,41?/m0/s1. The van der Waals surface area contributed by atoms with E-state index >= 15 is 8.78 Å². The number of benzene rings is 2. The van der Waals surface area contributed by atoms with E-state index in [0.717, 1.165) is 25.8 Å². The van der Waals surface area contributed by atoms with E-state index in [-0.39, 0.29) is 58.3 Å². The molecule has 4 saturated heterocycles. The van der Waals surface area contributed by atoms with Crippen LogP contribution in [0.1, 0.15) is 65.4 Å². The number of carbonyl (C=O) groups excluding carboxylic acids is 1. The van der Waals surface area contributed by atoms with Crippen LogP contribution in [-0.4, -0.2) is 92.5 Å². The van der Waals surface area contributed by atoms with E-state index in [1.807, 2.05) is 32.6 Å². The molecule has 2 bridgehead atoms. The second-order valence-corrected chi connectivity index (χ2v) is 16.2. The van der Waals surface area contributed by atoms with Gasteiger partial charge in [0.25, 0.3) is 0 Å². The number of halogens is 3. The van der Waals surface area contributed by atoms with Gasteiger partial charge >= 0.3 is 12.1 Å². The van der Waals surface area contributed by atoms with Gasteiger partial charge in [-0.2, -0.15) is 9.97 Å². The SMILES string of the molecule is C#Cc1c(F)ccc2cccc(-c3nc4c5c(nc(OCC67CCCN6C/C(=C/F)C7)nc5c3F)N3C[C@H]5CC[C@@H]([C@H]3[C@H](C)O4)N5C(=O)OC(C)(C)C)c12. The zero-order valence-electron chi connectivity index (χ0n) is 30.7. The molecular weight excluding hydrogens is 697 g/mol. The molecule has 9 rings (SSSR count). The molecule has 13 heteroatoms. The fourth-order valence-electron chi connectivity index (χ4n) is 9.61. The van der Waals surface area contributed by atoms with E-state index in [1.54, 1.807) is 24.3 Å². The van der Waals surface area contributed by atoms with Crippen LogP contribution >= 0.6 is 0 Å².